The molecule has 2 heterocycles. The zero-order valence-corrected chi connectivity index (χ0v) is 26.2. The average molecular weight is 620 g/mol. The van der Waals surface area contributed by atoms with Crippen LogP contribution in [0.3, 0.4) is 0 Å². The molecule has 0 aliphatic carbocycles. The zero-order chi connectivity index (χ0) is 30.6. The van der Waals surface area contributed by atoms with Gasteiger partial charge in [-0.25, -0.2) is 9.59 Å². The van der Waals surface area contributed by atoms with Gasteiger partial charge in [0.05, 0.1) is 34.2 Å². The fourth-order valence-electron chi connectivity index (χ4n) is 6.46. The maximum atomic E-state index is 13.7. The van der Waals surface area contributed by atoms with Crippen LogP contribution in [0.5, 0.6) is 0 Å². The smallest absolute Gasteiger partial charge is 0.336 e. The molecule has 2 aliphatic heterocycles. The quantitative estimate of drug-likeness (QED) is 0.273. The van der Waals surface area contributed by atoms with E-state index in [1.165, 1.54) is 18.2 Å². The van der Waals surface area contributed by atoms with Crippen LogP contribution in [0.15, 0.2) is 101 Å². The number of nitrogens with zero attached hydrogens (tertiary/aromatic N) is 1. The number of likely N-dealkylation sites (tertiary alicyclic amines) is 1. The monoisotopic (exact) mass is 618 g/mol. The number of carbonyl (C=O) groups is 2. The Balaban J connectivity index is 1.30. The Labute approximate surface area is 263 Å². The van der Waals surface area contributed by atoms with Gasteiger partial charge in [0.25, 0.3) is 0 Å². The molecule has 0 saturated carbocycles. The van der Waals surface area contributed by atoms with E-state index in [-0.39, 0.29) is 17.0 Å². The van der Waals surface area contributed by atoms with Crippen molar-refractivity contribution in [2.45, 2.75) is 38.0 Å². The zero-order valence-electron chi connectivity index (χ0n) is 24.7. The third-order valence-corrected chi connectivity index (χ3v) is 9.51. The van der Waals surface area contributed by atoms with Crippen molar-refractivity contribution in [3.63, 3.8) is 0 Å². The summed E-state index contributed by atoms with van der Waals surface area (Å²) in [5.41, 5.74) is 4.91. The van der Waals surface area contributed by atoms with Gasteiger partial charge in [0.1, 0.15) is 6.61 Å². The second kappa shape index (κ2) is 13.4. The van der Waals surface area contributed by atoms with Crippen LogP contribution < -0.4 is 5.32 Å². The minimum atomic E-state index is -0.792. The first-order valence-corrected chi connectivity index (χ1v) is 15.2. The Bertz CT molecular complexity index is 1500. The van der Waals surface area contributed by atoms with E-state index >= 15 is 0 Å². The van der Waals surface area contributed by atoms with Crippen LogP contribution in [0.1, 0.15) is 49.3 Å². The molecule has 0 spiro atoms. The Morgan fingerprint density at radius 1 is 0.837 bits per heavy atom. The van der Waals surface area contributed by atoms with E-state index in [0.717, 1.165) is 25.9 Å². The lowest BCUT2D eigenvalue weighted by Gasteiger charge is -2.43. The molecule has 0 bridgehead atoms. The van der Waals surface area contributed by atoms with Gasteiger partial charge in [0.15, 0.2) is 0 Å². The Morgan fingerprint density at radius 2 is 1.40 bits per heavy atom. The Kier molecular flexibility index (Phi) is 9.60. The molecule has 3 aromatic carbocycles. The number of halogens is 2. The first-order valence-electron chi connectivity index (χ1n) is 14.5. The number of benzene rings is 3. The maximum Gasteiger partial charge on any atom is 0.336 e. The number of piperidine rings is 1. The first kappa shape index (κ1) is 30.9. The fraction of sp³-hybridized carbons (Fsp3) is 0.314. The van der Waals surface area contributed by atoms with E-state index in [4.69, 9.17) is 32.7 Å². The molecule has 2 aliphatic rings. The van der Waals surface area contributed by atoms with E-state index in [1.807, 2.05) is 0 Å². The molecule has 3 aromatic rings. The lowest BCUT2D eigenvalue weighted by atomic mass is 9.68. The summed E-state index contributed by atoms with van der Waals surface area (Å²) in [6.45, 7) is 6.12. The molecular formula is C35H36Cl2N2O4. The molecule has 6 nitrogen and oxygen atoms in total. The van der Waals surface area contributed by atoms with Crippen molar-refractivity contribution >= 4 is 35.1 Å². The van der Waals surface area contributed by atoms with Crippen molar-refractivity contribution in [3.8, 4) is 0 Å². The number of hydrogen-bond acceptors (Lipinski definition) is 6. The van der Waals surface area contributed by atoms with Crippen LogP contribution >= 0.6 is 23.2 Å². The molecule has 0 aromatic heterocycles. The lowest BCUT2D eigenvalue weighted by molar-refractivity contribution is -0.140. The van der Waals surface area contributed by atoms with Crippen LogP contribution in [-0.2, 0) is 24.5 Å². The van der Waals surface area contributed by atoms with Gasteiger partial charge in [-0.15, -0.1) is 0 Å². The van der Waals surface area contributed by atoms with E-state index < -0.39 is 17.9 Å². The number of methoxy groups -OCH3 is 1. The normalized spacial score (nSPS) is 18.7. The second-order valence-corrected chi connectivity index (χ2v) is 11.8. The average Bonchev–Trinajstić information content (AvgIpc) is 3.03. The number of allylic oxidation sites excluding steroid dienone is 2. The van der Waals surface area contributed by atoms with Crippen LogP contribution in [0, 0.1) is 0 Å². The van der Waals surface area contributed by atoms with Gasteiger partial charge in [-0.3, -0.25) is 4.90 Å². The van der Waals surface area contributed by atoms with Crippen molar-refractivity contribution in [2.24, 2.45) is 0 Å². The van der Waals surface area contributed by atoms with Crippen LogP contribution in [0.4, 0.5) is 0 Å². The minimum absolute atomic E-state index is 0.0523. The molecule has 5 rings (SSSR count). The van der Waals surface area contributed by atoms with Gasteiger partial charge < -0.3 is 14.8 Å². The SMILES string of the molecule is COC(=O)C1=C(C)NC(C)=C(C(=O)OCCN2CCC(c3ccccc3)(c3ccccc3)CC2)C1c1cccc(Cl)c1Cl. The topological polar surface area (TPSA) is 67.9 Å². The summed E-state index contributed by atoms with van der Waals surface area (Å²) < 4.78 is 11.0. The summed E-state index contributed by atoms with van der Waals surface area (Å²) in [4.78, 5) is 28.9. The van der Waals surface area contributed by atoms with Crippen LogP contribution in [0.25, 0.3) is 0 Å². The molecule has 1 saturated heterocycles. The van der Waals surface area contributed by atoms with Gasteiger partial charge in [0.2, 0.25) is 0 Å². The fourth-order valence-corrected chi connectivity index (χ4v) is 6.88. The summed E-state index contributed by atoms with van der Waals surface area (Å²) in [6, 6.07) is 26.6. The standard InChI is InChI=1S/C35H36Cl2N2O4/c1-23-29(33(40)42-3)31(27-15-10-16-28(36)32(27)37)30(24(2)38-23)34(41)43-22-21-39-19-17-35(18-20-39,25-11-6-4-7-12-25)26-13-8-5-9-14-26/h4-16,31,38H,17-22H2,1-3H3. The third kappa shape index (κ3) is 6.23. The summed E-state index contributed by atoms with van der Waals surface area (Å²) in [5, 5.41) is 3.77. The van der Waals surface area contributed by atoms with Gasteiger partial charge in [0, 0.05) is 23.4 Å². The molecule has 8 heteroatoms. The van der Waals surface area contributed by atoms with E-state index in [1.54, 1.807) is 32.0 Å². The van der Waals surface area contributed by atoms with E-state index in [0.29, 0.717) is 39.7 Å². The van der Waals surface area contributed by atoms with Gasteiger partial charge >= 0.3 is 11.9 Å². The maximum absolute atomic E-state index is 13.7. The number of hydrogen-bond donors (Lipinski definition) is 1. The first-order chi connectivity index (χ1) is 20.8. The highest BCUT2D eigenvalue weighted by atomic mass is 35.5. The largest absolute Gasteiger partial charge is 0.466 e. The lowest BCUT2D eigenvalue weighted by Crippen LogP contribution is -2.44. The number of rotatable bonds is 8. The predicted octanol–water partition coefficient (Wildman–Crippen LogP) is 7.03. The number of esters is 2. The van der Waals surface area contributed by atoms with Gasteiger partial charge in [-0.2, -0.15) is 0 Å². The highest BCUT2D eigenvalue weighted by Crippen LogP contribution is 2.44. The second-order valence-electron chi connectivity index (χ2n) is 11.1. The predicted molar refractivity (Wildman–Crippen MR) is 170 cm³/mol. The summed E-state index contributed by atoms with van der Waals surface area (Å²) in [6.07, 6.45) is 1.93. The highest BCUT2D eigenvalue weighted by Gasteiger charge is 2.40. The molecule has 0 radical (unpaired) electrons. The number of dihydropyridines is 1. The van der Waals surface area contributed by atoms with Gasteiger partial charge in [-0.1, -0.05) is 96.0 Å². The molecule has 43 heavy (non-hydrogen) atoms. The molecular weight excluding hydrogens is 583 g/mol. The van der Waals surface area contributed by atoms with E-state index in [2.05, 4.69) is 70.9 Å². The molecule has 1 atom stereocenters. The Morgan fingerprint density at radius 3 is 1.95 bits per heavy atom. The Hall–Kier alpha value is -3.58. The van der Waals surface area contributed by atoms with Crippen molar-refractivity contribution in [1.82, 2.24) is 10.2 Å². The van der Waals surface area contributed by atoms with E-state index in [9.17, 15) is 9.59 Å². The molecule has 224 valence electrons. The molecule has 0 amide bonds. The minimum Gasteiger partial charge on any atom is -0.466 e. The van der Waals surface area contributed by atoms with Crippen LogP contribution in [-0.4, -0.2) is 50.2 Å². The van der Waals surface area contributed by atoms with Crippen molar-refractivity contribution in [2.75, 3.05) is 33.4 Å². The van der Waals surface area contributed by atoms with Crippen molar-refractivity contribution < 1.29 is 19.1 Å². The van der Waals surface area contributed by atoms with Crippen LogP contribution in [0.2, 0.25) is 10.0 Å². The number of carbonyl (C=O) groups excluding carboxylic acids is 2. The number of nitrogens with one attached hydrogen (secondary N) is 1. The summed E-state index contributed by atoms with van der Waals surface area (Å²) in [5.74, 6) is -1.86. The third-order valence-electron chi connectivity index (χ3n) is 8.68. The molecule has 1 N–H and O–H groups in total. The molecule has 1 unspecified atom stereocenters. The number of ether oxygens (including phenoxy) is 2. The summed E-state index contributed by atoms with van der Waals surface area (Å²) >= 11 is 13.0. The van der Waals surface area contributed by atoms with Crippen molar-refractivity contribution in [1.29, 1.82) is 0 Å². The highest BCUT2D eigenvalue weighted by molar-refractivity contribution is 6.42. The van der Waals surface area contributed by atoms with Crippen molar-refractivity contribution in [3.05, 3.63) is 128 Å². The summed E-state index contributed by atoms with van der Waals surface area (Å²) in [7, 11) is 1.31. The van der Waals surface area contributed by atoms with Gasteiger partial charge in [-0.05, 0) is 62.5 Å². The molecule has 1 fully saturated rings.